The summed E-state index contributed by atoms with van der Waals surface area (Å²) >= 11 is 0. The normalized spacial score (nSPS) is 20.4. The largest absolute Gasteiger partial charge is 0.573 e. The molecule has 16 nitrogen and oxygen atoms in total. The van der Waals surface area contributed by atoms with Gasteiger partial charge in [-0.05, 0) is 79.4 Å². The van der Waals surface area contributed by atoms with Crippen molar-refractivity contribution >= 4 is 53.2 Å². The standard InChI is InChI=1S/C23H20F3N3O5.C14H11N3O5/c1-22(9-8-18(30)28-21(22)33)29-12-15-10-13(2-7-17(15)20(29)32)11-27-19(31)14-3-5-16(6-4-14)34-23(24,25)26;15-11(19)6-1-2-7-8(5-6)14(22)17(13(7)21)9-3-4-10(18)16-12(9)20/h2-7,10H,8-9,11-12H2,1H3,(H,27,31)(H,28,30,33);1-2,5,9H,3-4H2,(H2,15,19)(H,16,18,20). The van der Waals surface area contributed by atoms with E-state index in [-0.39, 0.29) is 72.8 Å². The van der Waals surface area contributed by atoms with E-state index in [1.165, 1.54) is 35.2 Å². The highest BCUT2D eigenvalue weighted by atomic mass is 19.4. The third-order valence-electron chi connectivity index (χ3n) is 9.68. The van der Waals surface area contributed by atoms with E-state index in [2.05, 4.69) is 20.7 Å². The van der Waals surface area contributed by atoms with Gasteiger partial charge in [-0.15, -0.1) is 13.2 Å². The van der Waals surface area contributed by atoms with Crippen LogP contribution in [-0.4, -0.2) is 80.9 Å². The van der Waals surface area contributed by atoms with E-state index in [9.17, 15) is 56.3 Å². The Hall–Kier alpha value is -6.92. The molecule has 0 radical (unpaired) electrons. The Balaban J connectivity index is 0.000000208. The third kappa shape index (κ3) is 7.68. The molecule has 0 saturated carbocycles. The fraction of sp³-hybridized carbons (Fsp3) is 0.270. The molecule has 4 aliphatic heterocycles. The van der Waals surface area contributed by atoms with Crippen molar-refractivity contribution in [1.29, 1.82) is 0 Å². The fourth-order valence-corrected chi connectivity index (χ4v) is 6.65. The van der Waals surface area contributed by atoms with Gasteiger partial charge in [0.1, 0.15) is 17.3 Å². The Morgan fingerprint density at radius 3 is 2.12 bits per heavy atom. The molecule has 3 aromatic carbocycles. The van der Waals surface area contributed by atoms with Crippen molar-refractivity contribution in [2.45, 2.75) is 63.6 Å². The van der Waals surface area contributed by atoms with Crippen LogP contribution < -0.4 is 26.4 Å². The summed E-state index contributed by atoms with van der Waals surface area (Å²) in [6.07, 6.45) is -4.31. The van der Waals surface area contributed by atoms with Crippen molar-refractivity contribution in [3.8, 4) is 5.75 Å². The number of nitrogens with zero attached hydrogens (tertiary/aromatic N) is 2. The second-order valence-corrected chi connectivity index (χ2v) is 13.4. The molecule has 9 amide bonds. The molecular weight excluding hydrogens is 745 g/mol. The van der Waals surface area contributed by atoms with Crippen LogP contribution >= 0.6 is 0 Å². The minimum atomic E-state index is -4.82. The molecule has 4 heterocycles. The first-order valence-corrected chi connectivity index (χ1v) is 16.9. The average molecular weight is 777 g/mol. The van der Waals surface area contributed by atoms with Crippen LogP contribution in [0.15, 0.2) is 60.7 Å². The number of alkyl halides is 3. The van der Waals surface area contributed by atoms with Gasteiger partial charge in [0.25, 0.3) is 29.5 Å². The number of primary amides is 1. The van der Waals surface area contributed by atoms with Crippen LogP contribution in [0, 0.1) is 0 Å². The molecule has 0 aliphatic carbocycles. The number of hydrogen-bond acceptors (Lipinski definition) is 10. The molecule has 19 heteroatoms. The van der Waals surface area contributed by atoms with E-state index in [4.69, 9.17) is 5.73 Å². The van der Waals surface area contributed by atoms with Gasteiger partial charge < -0.3 is 20.7 Å². The quantitative estimate of drug-likeness (QED) is 0.255. The summed E-state index contributed by atoms with van der Waals surface area (Å²) in [6, 6.07) is 12.5. The van der Waals surface area contributed by atoms with Gasteiger partial charge >= 0.3 is 6.36 Å². The zero-order chi connectivity index (χ0) is 40.7. The molecule has 2 saturated heterocycles. The van der Waals surface area contributed by atoms with Crippen LogP contribution in [0.25, 0.3) is 0 Å². The molecule has 0 bridgehead atoms. The van der Waals surface area contributed by atoms with Crippen LogP contribution in [0.1, 0.15) is 95.5 Å². The summed E-state index contributed by atoms with van der Waals surface area (Å²) in [5.74, 6) is -5.23. The smallest absolute Gasteiger partial charge is 0.406 e. The van der Waals surface area contributed by atoms with Gasteiger partial charge in [-0.2, -0.15) is 0 Å². The molecule has 7 rings (SSSR count). The highest BCUT2D eigenvalue weighted by molar-refractivity contribution is 6.24. The van der Waals surface area contributed by atoms with Gasteiger partial charge in [0.15, 0.2) is 0 Å². The maximum atomic E-state index is 12.9. The molecular formula is C37H31F3N6O10. The van der Waals surface area contributed by atoms with Crippen LogP contribution in [-0.2, 0) is 32.3 Å². The Kier molecular flexibility index (Phi) is 10.2. The van der Waals surface area contributed by atoms with Crippen LogP contribution in [0.4, 0.5) is 13.2 Å². The first kappa shape index (κ1) is 38.8. The average Bonchev–Trinajstić information content (AvgIpc) is 3.60. The van der Waals surface area contributed by atoms with Crippen molar-refractivity contribution in [1.82, 2.24) is 25.8 Å². The van der Waals surface area contributed by atoms with E-state index in [0.29, 0.717) is 16.7 Å². The van der Waals surface area contributed by atoms with E-state index in [0.717, 1.165) is 17.0 Å². The number of hydrogen-bond donors (Lipinski definition) is 4. The SMILES string of the molecule is CC1(N2Cc3cc(CNC(=O)c4ccc(OC(F)(F)F)cc4)ccc3C2=O)CCC(=O)NC1=O.NC(=O)c1ccc2c(c1)C(=O)N(C1CCC(=O)NC1=O)C2=O. The number of piperidine rings is 2. The topological polar surface area (TPSA) is 231 Å². The van der Waals surface area contributed by atoms with Crippen LogP contribution in [0.5, 0.6) is 5.75 Å². The number of nitrogens with two attached hydrogens (primary N) is 1. The Bertz CT molecular complexity index is 2240. The number of benzene rings is 3. The lowest BCUT2D eigenvalue weighted by Gasteiger charge is -2.39. The maximum absolute atomic E-state index is 12.9. The molecule has 290 valence electrons. The number of fused-ring (bicyclic) bond motifs is 2. The van der Waals surface area contributed by atoms with Crippen molar-refractivity contribution in [2.24, 2.45) is 5.73 Å². The lowest BCUT2D eigenvalue weighted by Crippen LogP contribution is -2.61. The van der Waals surface area contributed by atoms with Crippen molar-refractivity contribution in [3.05, 3.63) is 99.6 Å². The van der Waals surface area contributed by atoms with Crippen molar-refractivity contribution in [3.63, 3.8) is 0 Å². The Labute approximate surface area is 314 Å². The highest BCUT2D eigenvalue weighted by Gasteiger charge is 2.48. The van der Waals surface area contributed by atoms with Crippen LogP contribution in [0.3, 0.4) is 0 Å². The summed E-state index contributed by atoms with van der Waals surface area (Å²) in [4.78, 5) is 110. The first-order valence-electron chi connectivity index (χ1n) is 16.9. The summed E-state index contributed by atoms with van der Waals surface area (Å²) in [5.41, 5.74) is 6.25. The number of nitrogens with one attached hydrogen (secondary N) is 3. The van der Waals surface area contributed by atoms with Crippen molar-refractivity contribution < 1.29 is 61.1 Å². The summed E-state index contributed by atoms with van der Waals surface area (Å²) < 4.78 is 40.5. The zero-order valence-electron chi connectivity index (χ0n) is 29.3. The molecule has 0 spiro atoms. The lowest BCUT2D eigenvalue weighted by atomic mass is 9.89. The predicted octanol–water partition coefficient (Wildman–Crippen LogP) is 1.85. The third-order valence-corrected chi connectivity index (χ3v) is 9.68. The number of rotatable bonds is 7. The number of amides is 9. The van der Waals surface area contributed by atoms with E-state index in [1.54, 1.807) is 25.1 Å². The molecule has 4 aliphatic rings. The molecule has 5 N–H and O–H groups in total. The summed E-state index contributed by atoms with van der Waals surface area (Å²) in [6.45, 7) is 1.94. The van der Waals surface area contributed by atoms with E-state index in [1.807, 2.05) is 0 Å². The van der Waals surface area contributed by atoms with Gasteiger partial charge in [-0.3, -0.25) is 58.7 Å². The minimum absolute atomic E-state index is 0.0333. The minimum Gasteiger partial charge on any atom is -0.406 e. The van der Waals surface area contributed by atoms with Gasteiger partial charge in [-0.25, -0.2) is 0 Å². The predicted molar refractivity (Wildman–Crippen MR) is 183 cm³/mol. The lowest BCUT2D eigenvalue weighted by molar-refractivity contribution is -0.274. The van der Waals surface area contributed by atoms with Gasteiger partial charge in [0.05, 0.1) is 11.1 Å². The summed E-state index contributed by atoms with van der Waals surface area (Å²) in [7, 11) is 0. The molecule has 3 aromatic rings. The molecule has 2 unspecified atom stereocenters. The highest BCUT2D eigenvalue weighted by Crippen LogP contribution is 2.35. The van der Waals surface area contributed by atoms with Crippen molar-refractivity contribution in [2.75, 3.05) is 0 Å². The van der Waals surface area contributed by atoms with E-state index >= 15 is 0 Å². The second kappa shape index (κ2) is 14.7. The maximum Gasteiger partial charge on any atom is 0.573 e. The van der Waals surface area contributed by atoms with Gasteiger partial charge in [0, 0.05) is 42.6 Å². The number of carbonyl (C=O) groups is 9. The van der Waals surface area contributed by atoms with Crippen LogP contribution in [0.2, 0.25) is 0 Å². The van der Waals surface area contributed by atoms with Gasteiger partial charge in [0.2, 0.25) is 23.6 Å². The Morgan fingerprint density at radius 2 is 1.48 bits per heavy atom. The fourth-order valence-electron chi connectivity index (χ4n) is 6.65. The molecule has 2 atom stereocenters. The summed E-state index contributed by atoms with van der Waals surface area (Å²) in [5, 5.41) is 7.07. The number of ether oxygens (including phenoxy) is 1. The Morgan fingerprint density at radius 1 is 0.839 bits per heavy atom. The number of imide groups is 3. The molecule has 2 fully saturated rings. The number of carbonyl (C=O) groups excluding carboxylic acids is 9. The molecule has 56 heavy (non-hydrogen) atoms. The molecule has 0 aromatic heterocycles. The number of halogens is 3. The second-order valence-electron chi connectivity index (χ2n) is 13.4. The monoisotopic (exact) mass is 776 g/mol. The van der Waals surface area contributed by atoms with E-state index < -0.39 is 65.0 Å². The van der Waals surface area contributed by atoms with Gasteiger partial charge in [-0.1, -0.05) is 12.1 Å². The first-order chi connectivity index (χ1) is 26.4. The zero-order valence-corrected chi connectivity index (χ0v) is 29.3.